The Bertz CT molecular complexity index is 1120. The number of amides is 2. The van der Waals surface area contributed by atoms with E-state index in [0.29, 0.717) is 37.8 Å². The summed E-state index contributed by atoms with van der Waals surface area (Å²) in [6.07, 6.45) is 0.549. The lowest BCUT2D eigenvalue weighted by molar-refractivity contribution is -0.122. The molecular weight excluding hydrogens is 455 g/mol. The number of carbonyl (C=O) groups excluding carboxylic acids is 1. The lowest BCUT2D eigenvalue weighted by Crippen LogP contribution is -2.36. The van der Waals surface area contributed by atoms with Gasteiger partial charge < -0.3 is 24.9 Å². The fraction of sp³-hybridized carbons (Fsp3) is 0.318. The predicted octanol–water partition coefficient (Wildman–Crippen LogP) is 3.70. The first kappa shape index (κ1) is 25.0. The molecule has 12 heteroatoms. The van der Waals surface area contributed by atoms with Crippen molar-refractivity contribution in [1.29, 1.82) is 0 Å². The van der Waals surface area contributed by atoms with Gasteiger partial charge in [0, 0.05) is 30.1 Å². The van der Waals surface area contributed by atoms with E-state index in [1.54, 1.807) is 49.1 Å². The molecule has 0 bridgehead atoms. The van der Waals surface area contributed by atoms with Gasteiger partial charge >= 0.3 is 12.2 Å². The number of nitrogens with one attached hydrogen (secondary N) is 2. The van der Waals surface area contributed by atoms with Crippen LogP contribution in [0.2, 0.25) is 0 Å². The lowest BCUT2D eigenvalue weighted by Gasteiger charge is -2.10. The minimum atomic E-state index is -4.48. The number of anilines is 1. The molecule has 1 aromatic carbocycles. The number of methoxy groups -OCH3 is 1. The second-order valence-electron chi connectivity index (χ2n) is 7.01. The molecule has 0 saturated carbocycles. The standard InChI is InChI=1S/C22H24F3N5O4/c1-32-7-8-33-9-10-34-28-13-16-5-6-30-19(14-26-20(30)11-16)17-3-2-4-18(12-17)29-21(31)27-15-22(23,24)25/h2-6,11-14H,7-10,15H2,1H3,(H2,27,29,31)/b28-13+. The number of oxime groups is 1. The molecule has 0 radical (unpaired) electrons. The van der Waals surface area contributed by atoms with Crippen LogP contribution >= 0.6 is 0 Å². The maximum atomic E-state index is 12.3. The number of alkyl halides is 3. The topological polar surface area (TPSA) is 98.5 Å². The third-order valence-electron chi connectivity index (χ3n) is 4.43. The average molecular weight is 479 g/mol. The molecule has 0 aliphatic rings. The van der Waals surface area contributed by atoms with Crippen LogP contribution in [0.1, 0.15) is 5.56 Å². The zero-order valence-electron chi connectivity index (χ0n) is 18.3. The fourth-order valence-electron chi connectivity index (χ4n) is 2.89. The first-order valence-corrected chi connectivity index (χ1v) is 10.3. The van der Waals surface area contributed by atoms with Crippen molar-refractivity contribution in [1.82, 2.24) is 14.7 Å². The molecule has 0 atom stereocenters. The highest BCUT2D eigenvalue weighted by Gasteiger charge is 2.27. The second-order valence-corrected chi connectivity index (χ2v) is 7.01. The molecule has 34 heavy (non-hydrogen) atoms. The normalized spacial score (nSPS) is 11.8. The molecule has 0 saturated heterocycles. The first-order chi connectivity index (χ1) is 16.4. The number of aromatic nitrogens is 2. The molecular formula is C22H24F3N5O4. The van der Waals surface area contributed by atoms with Crippen molar-refractivity contribution in [2.45, 2.75) is 6.18 Å². The number of imidazole rings is 1. The summed E-state index contributed by atoms with van der Waals surface area (Å²) < 4.78 is 48.8. The van der Waals surface area contributed by atoms with Crippen LogP contribution in [0.4, 0.5) is 23.7 Å². The zero-order valence-corrected chi connectivity index (χ0v) is 18.3. The van der Waals surface area contributed by atoms with Gasteiger partial charge in [-0.05, 0) is 24.3 Å². The Hall–Kier alpha value is -3.64. The highest BCUT2D eigenvalue weighted by atomic mass is 19.4. The van der Waals surface area contributed by atoms with Gasteiger partial charge in [-0.25, -0.2) is 9.78 Å². The van der Waals surface area contributed by atoms with Gasteiger partial charge in [0.1, 0.15) is 18.8 Å². The third-order valence-corrected chi connectivity index (χ3v) is 4.43. The lowest BCUT2D eigenvalue weighted by atomic mass is 10.1. The number of benzene rings is 1. The molecule has 0 unspecified atom stereocenters. The second kappa shape index (κ2) is 12.0. The van der Waals surface area contributed by atoms with Crippen molar-refractivity contribution in [3.05, 3.63) is 54.4 Å². The number of ether oxygens (including phenoxy) is 2. The van der Waals surface area contributed by atoms with Gasteiger partial charge in [-0.15, -0.1) is 0 Å². The van der Waals surface area contributed by atoms with Gasteiger partial charge in [0.2, 0.25) is 0 Å². The fourth-order valence-corrected chi connectivity index (χ4v) is 2.89. The van der Waals surface area contributed by atoms with Crippen LogP contribution in [0.25, 0.3) is 16.9 Å². The highest BCUT2D eigenvalue weighted by molar-refractivity contribution is 5.90. The smallest absolute Gasteiger partial charge is 0.393 e. The Morgan fingerprint density at radius 2 is 2.00 bits per heavy atom. The van der Waals surface area contributed by atoms with E-state index < -0.39 is 18.8 Å². The monoisotopic (exact) mass is 479 g/mol. The van der Waals surface area contributed by atoms with Crippen LogP contribution in [0.5, 0.6) is 0 Å². The molecule has 0 aliphatic carbocycles. The van der Waals surface area contributed by atoms with Gasteiger partial charge in [-0.3, -0.25) is 4.40 Å². The number of hydrogen-bond donors (Lipinski definition) is 2. The van der Waals surface area contributed by atoms with Crippen molar-refractivity contribution in [3.63, 3.8) is 0 Å². The maximum absolute atomic E-state index is 12.3. The van der Waals surface area contributed by atoms with Gasteiger partial charge in [-0.1, -0.05) is 17.3 Å². The van der Waals surface area contributed by atoms with E-state index in [9.17, 15) is 18.0 Å². The number of rotatable bonds is 11. The van der Waals surface area contributed by atoms with E-state index in [2.05, 4.69) is 15.5 Å². The third kappa shape index (κ3) is 7.74. The van der Waals surface area contributed by atoms with Crippen LogP contribution in [0, 0.1) is 0 Å². The molecule has 9 nitrogen and oxygen atoms in total. The van der Waals surface area contributed by atoms with Crippen molar-refractivity contribution in [3.8, 4) is 11.3 Å². The summed E-state index contributed by atoms with van der Waals surface area (Å²) in [5.41, 5.74) is 3.24. The van der Waals surface area contributed by atoms with E-state index in [-0.39, 0.29) is 0 Å². The van der Waals surface area contributed by atoms with Crippen molar-refractivity contribution in [2.75, 3.05) is 45.4 Å². The molecule has 3 aromatic rings. The summed E-state index contributed by atoms with van der Waals surface area (Å²) in [5, 5.41) is 8.08. The van der Waals surface area contributed by atoms with Gasteiger partial charge in [0.05, 0.1) is 37.9 Å². The Kier molecular flexibility index (Phi) is 8.82. The molecule has 2 N–H and O–H groups in total. The van der Waals surface area contributed by atoms with E-state index in [0.717, 1.165) is 16.8 Å². The van der Waals surface area contributed by atoms with Crippen molar-refractivity contribution >= 4 is 23.6 Å². The number of nitrogens with zero attached hydrogens (tertiary/aromatic N) is 3. The maximum Gasteiger partial charge on any atom is 0.405 e. The Morgan fingerprint density at radius 3 is 2.79 bits per heavy atom. The summed E-state index contributed by atoms with van der Waals surface area (Å²) in [7, 11) is 1.60. The average Bonchev–Trinajstić information content (AvgIpc) is 3.22. The van der Waals surface area contributed by atoms with Crippen LogP contribution in [0.3, 0.4) is 0 Å². The molecule has 2 heterocycles. The van der Waals surface area contributed by atoms with Gasteiger partial charge in [0.25, 0.3) is 0 Å². The first-order valence-electron chi connectivity index (χ1n) is 10.3. The Labute approximate surface area is 193 Å². The molecule has 3 rings (SSSR count). The van der Waals surface area contributed by atoms with E-state index >= 15 is 0 Å². The van der Waals surface area contributed by atoms with Crippen LogP contribution in [0.15, 0.2) is 53.9 Å². The van der Waals surface area contributed by atoms with Crippen molar-refractivity contribution in [2.24, 2.45) is 5.16 Å². The summed E-state index contributed by atoms with van der Waals surface area (Å²) in [5.74, 6) is 0. The SMILES string of the molecule is COCCOCCO/N=C/c1ccn2c(-c3cccc(NC(=O)NCC(F)(F)F)c3)cnc2c1. The molecule has 182 valence electrons. The summed E-state index contributed by atoms with van der Waals surface area (Å²) in [6, 6.07) is 9.42. The molecule has 2 amide bonds. The van der Waals surface area contributed by atoms with Gasteiger partial charge in [-0.2, -0.15) is 13.2 Å². The summed E-state index contributed by atoms with van der Waals surface area (Å²) in [4.78, 5) is 21.3. The van der Waals surface area contributed by atoms with Crippen molar-refractivity contribution < 1.29 is 32.3 Å². The van der Waals surface area contributed by atoms with Crippen LogP contribution in [-0.2, 0) is 14.3 Å². The molecule has 0 fully saturated rings. The number of halogens is 3. The Balaban J connectivity index is 1.61. The molecule has 2 aromatic heterocycles. The number of urea groups is 1. The summed E-state index contributed by atoms with van der Waals surface area (Å²) >= 11 is 0. The summed E-state index contributed by atoms with van der Waals surface area (Å²) in [6.45, 7) is 0.320. The molecule has 0 spiro atoms. The van der Waals surface area contributed by atoms with Gasteiger partial charge in [0.15, 0.2) is 0 Å². The number of fused-ring (bicyclic) bond motifs is 1. The minimum absolute atomic E-state index is 0.314. The number of pyridine rings is 1. The van der Waals surface area contributed by atoms with Crippen LogP contribution < -0.4 is 10.6 Å². The highest BCUT2D eigenvalue weighted by Crippen LogP contribution is 2.24. The van der Waals surface area contributed by atoms with E-state index in [4.69, 9.17) is 14.3 Å². The predicted molar refractivity (Wildman–Crippen MR) is 120 cm³/mol. The van der Waals surface area contributed by atoms with E-state index in [1.807, 2.05) is 22.7 Å². The largest absolute Gasteiger partial charge is 0.405 e. The van der Waals surface area contributed by atoms with Crippen LogP contribution in [-0.4, -0.2) is 67.9 Å². The molecule has 0 aliphatic heterocycles. The van der Waals surface area contributed by atoms with E-state index in [1.165, 1.54) is 0 Å². The minimum Gasteiger partial charge on any atom is -0.393 e. The number of hydrogen-bond acceptors (Lipinski definition) is 6. The quantitative estimate of drug-likeness (QED) is 0.248. The Morgan fingerprint density at radius 1 is 1.18 bits per heavy atom. The zero-order chi connectivity index (χ0) is 24.4. The number of carbonyl (C=O) groups is 1.